The van der Waals surface area contributed by atoms with E-state index in [1.807, 2.05) is 37.3 Å². The molecule has 0 aromatic heterocycles. The van der Waals surface area contributed by atoms with Gasteiger partial charge in [0.2, 0.25) is 10.0 Å². The minimum Gasteiger partial charge on any atom is -0.275 e. The predicted molar refractivity (Wildman–Crippen MR) is 103 cm³/mol. The average Bonchev–Trinajstić information content (AvgIpc) is 2.67. The lowest BCUT2D eigenvalue weighted by atomic mass is 10.2. The number of amides is 1. The Kier molecular flexibility index (Phi) is 7.13. The molecule has 2 aromatic carbocycles. The van der Waals surface area contributed by atoms with Gasteiger partial charge < -0.3 is 0 Å². The van der Waals surface area contributed by atoms with Crippen molar-refractivity contribution in [2.45, 2.75) is 11.8 Å². The normalized spacial score (nSPS) is 11.0. The number of hydrogen-bond donors (Lipinski definition) is 0. The summed E-state index contributed by atoms with van der Waals surface area (Å²) in [6.45, 7) is 1.38. The van der Waals surface area contributed by atoms with Gasteiger partial charge in [-0.3, -0.25) is 9.63 Å². The Labute approximate surface area is 160 Å². The molecule has 0 atom stereocenters. The number of benzene rings is 2. The molecule has 0 saturated heterocycles. The predicted octanol–water partition coefficient (Wildman–Crippen LogP) is 2.06. The zero-order valence-corrected chi connectivity index (χ0v) is 16.4. The Morgan fingerprint density at radius 3 is 2.30 bits per heavy atom. The largest absolute Gasteiger partial charge is 0.275 e. The first-order valence-corrected chi connectivity index (χ1v) is 9.70. The Bertz CT molecular complexity index is 929. The fraction of sp³-hybridized carbons (Fsp3) is 0.250. The number of likely N-dealkylation sites (N-methyl/N-ethyl adjacent to an activating group) is 1. The smallest absolute Gasteiger partial charge is 0.261 e. The Morgan fingerprint density at radius 1 is 1.07 bits per heavy atom. The molecule has 0 N–H and O–H groups in total. The number of carbonyl (C=O) groups is 1. The monoisotopic (exact) mass is 386 g/mol. The SMILES string of the molecule is CON(C)C(=O)CN(CC#Cc1ccccc1)S(=O)(=O)c1ccc(C)cc1. The number of carbonyl (C=O) groups excluding carboxylic acids is 1. The third-order valence-electron chi connectivity index (χ3n) is 3.86. The van der Waals surface area contributed by atoms with Crippen molar-refractivity contribution in [3.05, 3.63) is 65.7 Å². The van der Waals surface area contributed by atoms with E-state index in [2.05, 4.69) is 11.8 Å². The zero-order chi connectivity index (χ0) is 19.9. The van der Waals surface area contributed by atoms with E-state index in [4.69, 9.17) is 4.84 Å². The van der Waals surface area contributed by atoms with Gasteiger partial charge in [-0.25, -0.2) is 13.5 Å². The lowest BCUT2D eigenvalue weighted by molar-refractivity contribution is -0.168. The van der Waals surface area contributed by atoms with Crippen LogP contribution in [0.3, 0.4) is 0 Å². The Morgan fingerprint density at radius 2 is 1.70 bits per heavy atom. The highest BCUT2D eigenvalue weighted by atomic mass is 32.2. The van der Waals surface area contributed by atoms with E-state index in [1.54, 1.807) is 12.1 Å². The summed E-state index contributed by atoms with van der Waals surface area (Å²) in [5, 5.41) is 0.988. The van der Waals surface area contributed by atoms with E-state index in [1.165, 1.54) is 26.3 Å². The molecule has 0 radical (unpaired) electrons. The van der Waals surface area contributed by atoms with Gasteiger partial charge in [0, 0.05) is 12.6 Å². The quantitative estimate of drug-likeness (QED) is 0.563. The molecule has 0 aliphatic heterocycles. The third kappa shape index (κ3) is 5.66. The zero-order valence-electron chi connectivity index (χ0n) is 15.5. The first kappa shape index (κ1) is 20.6. The van der Waals surface area contributed by atoms with Crippen LogP contribution in [0, 0.1) is 18.8 Å². The summed E-state index contributed by atoms with van der Waals surface area (Å²) < 4.78 is 27.0. The molecule has 0 heterocycles. The van der Waals surface area contributed by atoms with Crippen molar-refractivity contribution in [3.8, 4) is 11.8 Å². The molecule has 142 valence electrons. The van der Waals surface area contributed by atoms with Gasteiger partial charge in [-0.2, -0.15) is 4.31 Å². The number of hydrogen-bond acceptors (Lipinski definition) is 4. The van der Waals surface area contributed by atoms with Crippen molar-refractivity contribution in [2.24, 2.45) is 0 Å². The first-order valence-electron chi connectivity index (χ1n) is 8.26. The van der Waals surface area contributed by atoms with Crippen molar-refractivity contribution >= 4 is 15.9 Å². The van der Waals surface area contributed by atoms with Crippen LogP contribution < -0.4 is 0 Å². The lowest BCUT2D eigenvalue weighted by Gasteiger charge is -2.22. The van der Waals surface area contributed by atoms with Gasteiger partial charge in [0.25, 0.3) is 5.91 Å². The highest BCUT2D eigenvalue weighted by molar-refractivity contribution is 7.89. The summed E-state index contributed by atoms with van der Waals surface area (Å²) in [5.74, 6) is 5.26. The van der Waals surface area contributed by atoms with Gasteiger partial charge in [0.15, 0.2) is 0 Å². The molecule has 0 fully saturated rings. The molecule has 0 bridgehead atoms. The highest BCUT2D eigenvalue weighted by Crippen LogP contribution is 2.16. The molecule has 0 aliphatic carbocycles. The second-order valence-corrected chi connectivity index (χ2v) is 7.77. The minimum atomic E-state index is -3.88. The van der Waals surface area contributed by atoms with Crippen LogP contribution in [0.15, 0.2) is 59.5 Å². The van der Waals surface area contributed by atoms with Crippen molar-refractivity contribution in [1.82, 2.24) is 9.37 Å². The average molecular weight is 386 g/mol. The van der Waals surface area contributed by atoms with Crippen LogP contribution in [0.4, 0.5) is 0 Å². The molecule has 27 heavy (non-hydrogen) atoms. The summed E-state index contributed by atoms with van der Waals surface area (Å²) in [4.78, 5) is 17.2. The highest BCUT2D eigenvalue weighted by Gasteiger charge is 2.27. The van der Waals surface area contributed by atoms with E-state index in [-0.39, 0.29) is 18.0 Å². The molecule has 2 aromatic rings. The maximum Gasteiger partial charge on any atom is 0.261 e. The van der Waals surface area contributed by atoms with Crippen molar-refractivity contribution < 1.29 is 18.0 Å². The van der Waals surface area contributed by atoms with E-state index in [0.29, 0.717) is 0 Å². The maximum atomic E-state index is 13.0. The summed E-state index contributed by atoms with van der Waals surface area (Å²) in [7, 11) is -1.12. The van der Waals surface area contributed by atoms with Crippen molar-refractivity contribution in [3.63, 3.8) is 0 Å². The van der Waals surface area contributed by atoms with E-state index < -0.39 is 15.9 Å². The Hall–Kier alpha value is -2.66. The van der Waals surface area contributed by atoms with Crippen LogP contribution in [-0.4, -0.2) is 50.9 Å². The molecule has 6 nitrogen and oxygen atoms in total. The van der Waals surface area contributed by atoms with Gasteiger partial charge in [0.05, 0.1) is 25.1 Å². The molecular weight excluding hydrogens is 364 g/mol. The maximum absolute atomic E-state index is 13.0. The molecule has 0 unspecified atom stereocenters. The molecule has 0 aliphatic rings. The number of hydroxylamine groups is 2. The molecule has 0 spiro atoms. The van der Waals surface area contributed by atoms with Crippen LogP contribution in [0.5, 0.6) is 0 Å². The second kappa shape index (κ2) is 9.33. The van der Waals surface area contributed by atoms with E-state index in [9.17, 15) is 13.2 Å². The van der Waals surface area contributed by atoms with Gasteiger partial charge >= 0.3 is 0 Å². The van der Waals surface area contributed by atoms with Crippen LogP contribution in [0.25, 0.3) is 0 Å². The van der Waals surface area contributed by atoms with Gasteiger partial charge in [0.1, 0.15) is 0 Å². The summed E-state index contributed by atoms with van der Waals surface area (Å²) in [6.07, 6.45) is 0. The summed E-state index contributed by atoms with van der Waals surface area (Å²) in [6, 6.07) is 15.7. The molecular formula is C20H22N2O4S. The summed E-state index contributed by atoms with van der Waals surface area (Å²) >= 11 is 0. The van der Waals surface area contributed by atoms with Crippen LogP contribution >= 0.6 is 0 Å². The van der Waals surface area contributed by atoms with Crippen molar-refractivity contribution in [1.29, 1.82) is 0 Å². The minimum absolute atomic E-state index is 0.113. The number of aryl methyl sites for hydroxylation is 1. The van der Waals surface area contributed by atoms with Gasteiger partial charge in [-0.05, 0) is 31.2 Å². The summed E-state index contributed by atoms with van der Waals surface area (Å²) in [5.41, 5.74) is 1.71. The number of sulfonamides is 1. The third-order valence-corrected chi connectivity index (χ3v) is 5.66. The fourth-order valence-corrected chi connectivity index (χ4v) is 3.48. The topological polar surface area (TPSA) is 66.9 Å². The van der Waals surface area contributed by atoms with Crippen molar-refractivity contribution in [2.75, 3.05) is 27.2 Å². The standard InChI is InChI=1S/C20H22N2O4S/c1-17-11-13-19(14-12-17)27(24,25)22(16-20(23)21(2)26-3)15-7-10-18-8-5-4-6-9-18/h4-6,8-9,11-14H,15-16H2,1-3H3. The lowest BCUT2D eigenvalue weighted by Crippen LogP contribution is -2.41. The molecule has 1 amide bonds. The van der Waals surface area contributed by atoms with E-state index in [0.717, 1.165) is 20.5 Å². The first-order chi connectivity index (χ1) is 12.8. The second-order valence-electron chi connectivity index (χ2n) is 5.83. The Balaban J connectivity index is 2.30. The van der Waals surface area contributed by atoms with Gasteiger partial charge in [-0.1, -0.05) is 47.7 Å². The van der Waals surface area contributed by atoms with Gasteiger partial charge in [-0.15, -0.1) is 0 Å². The number of rotatable bonds is 6. The molecule has 7 heteroatoms. The van der Waals surface area contributed by atoms with Crippen LogP contribution in [-0.2, 0) is 19.7 Å². The van der Waals surface area contributed by atoms with Crippen LogP contribution in [0.2, 0.25) is 0 Å². The fourth-order valence-electron chi connectivity index (χ4n) is 2.19. The number of nitrogens with zero attached hydrogens (tertiary/aromatic N) is 2. The van der Waals surface area contributed by atoms with E-state index >= 15 is 0 Å². The molecule has 0 saturated carbocycles. The molecule has 2 rings (SSSR count). The van der Waals surface area contributed by atoms with Crippen LogP contribution in [0.1, 0.15) is 11.1 Å².